The van der Waals surface area contributed by atoms with E-state index in [-0.39, 0.29) is 11.7 Å². The lowest BCUT2D eigenvalue weighted by Gasteiger charge is -2.38. The zero-order valence-corrected chi connectivity index (χ0v) is 15.1. The normalized spacial score (nSPS) is 20.7. The van der Waals surface area contributed by atoms with Crippen molar-refractivity contribution >= 4 is 5.91 Å². The minimum absolute atomic E-state index is 0.0441. The maximum Gasteiger partial charge on any atom is 0.221 e. The number of nitrogens with zero attached hydrogens (tertiary/aromatic N) is 1. The van der Waals surface area contributed by atoms with E-state index in [9.17, 15) is 9.90 Å². The topological polar surface area (TPSA) is 61.8 Å². The number of nitrogens with one attached hydrogen (secondary N) is 1. The van der Waals surface area contributed by atoms with Crippen LogP contribution in [0.5, 0.6) is 11.5 Å². The number of ether oxygens (including phenoxy) is 1. The number of aromatic hydroxyl groups is 1. The number of hydrogen-bond acceptors (Lipinski definition) is 4. The number of likely N-dealkylation sites (tertiary alicyclic amines) is 1. The van der Waals surface area contributed by atoms with Gasteiger partial charge in [0.25, 0.3) is 0 Å². The summed E-state index contributed by atoms with van der Waals surface area (Å²) in [5.74, 6) is 4.27. The van der Waals surface area contributed by atoms with Crippen LogP contribution in [-0.4, -0.2) is 42.7 Å². The van der Waals surface area contributed by atoms with Crippen LogP contribution in [0.3, 0.4) is 0 Å². The Morgan fingerprint density at radius 3 is 2.92 bits per heavy atom. The van der Waals surface area contributed by atoms with Crippen molar-refractivity contribution in [2.75, 3.05) is 26.7 Å². The lowest BCUT2D eigenvalue weighted by Crippen LogP contribution is -2.41. The van der Waals surface area contributed by atoms with Gasteiger partial charge in [0.05, 0.1) is 13.7 Å². The molecule has 136 valence electrons. The summed E-state index contributed by atoms with van der Waals surface area (Å²) in [5, 5.41) is 12.9. The Morgan fingerprint density at radius 1 is 1.48 bits per heavy atom. The smallest absolute Gasteiger partial charge is 0.221 e. The molecule has 2 atom stereocenters. The summed E-state index contributed by atoms with van der Waals surface area (Å²) in [5.41, 5.74) is 0.904. The fraction of sp³-hybridized carbons (Fsp3) is 0.550. The van der Waals surface area contributed by atoms with Crippen LogP contribution in [0.4, 0.5) is 0 Å². The number of benzene rings is 1. The maximum absolute atomic E-state index is 11.9. The summed E-state index contributed by atoms with van der Waals surface area (Å²) in [6, 6.07) is 5.43. The third kappa shape index (κ3) is 5.40. The number of phenolic OH excluding ortho intramolecular Hbond substituents is 1. The fourth-order valence-corrected chi connectivity index (χ4v) is 3.54. The summed E-state index contributed by atoms with van der Waals surface area (Å²) in [6.07, 6.45) is 7.75. The van der Waals surface area contributed by atoms with Crippen LogP contribution in [0, 0.1) is 24.2 Å². The monoisotopic (exact) mass is 344 g/mol. The second-order valence-corrected chi connectivity index (χ2v) is 6.63. The highest BCUT2D eigenvalue weighted by Crippen LogP contribution is 2.31. The molecule has 0 spiro atoms. The van der Waals surface area contributed by atoms with Crippen LogP contribution in [0.2, 0.25) is 0 Å². The lowest BCUT2D eigenvalue weighted by atomic mass is 9.81. The molecule has 1 heterocycles. The van der Waals surface area contributed by atoms with Gasteiger partial charge in [0.15, 0.2) is 0 Å². The molecule has 25 heavy (non-hydrogen) atoms. The average molecular weight is 344 g/mol. The van der Waals surface area contributed by atoms with Crippen LogP contribution >= 0.6 is 0 Å². The largest absolute Gasteiger partial charge is 0.507 e. The molecule has 1 aliphatic rings. The molecular weight excluding hydrogens is 316 g/mol. The molecule has 1 amide bonds. The third-order valence-corrected chi connectivity index (χ3v) is 5.02. The predicted octanol–water partition coefficient (Wildman–Crippen LogP) is 2.39. The van der Waals surface area contributed by atoms with Crippen molar-refractivity contribution in [3.63, 3.8) is 0 Å². The first-order valence-electron chi connectivity index (χ1n) is 8.85. The quantitative estimate of drug-likeness (QED) is 0.746. The number of methoxy groups -OCH3 is 1. The number of amides is 1. The van der Waals surface area contributed by atoms with E-state index in [0.717, 1.165) is 31.5 Å². The Labute approximate surface area is 150 Å². The van der Waals surface area contributed by atoms with Crippen molar-refractivity contribution in [1.29, 1.82) is 0 Å². The van der Waals surface area contributed by atoms with Gasteiger partial charge in [-0.2, -0.15) is 0 Å². The van der Waals surface area contributed by atoms with Gasteiger partial charge in [0.2, 0.25) is 5.91 Å². The minimum atomic E-state index is 0.0441. The molecule has 1 aromatic carbocycles. The summed E-state index contributed by atoms with van der Waals surface area (Å²) >= 11 is 0. The van der Waals surface area contributed by atoms with Crippen LogP contribution in [-0.2, 0) is 11.3 Å². The van der Waals surface area contributed by atoms with E-state index in [1.807, 2.05) is 12.1 Å². The van der Waals surface area contributed by atoms with E-state index < -0.39 is 0 Å². The summed E-state index contributed by atoms with van der Waals surface area (Å²) < 4.78 is 5.13. The van der Waals surface area contributed by atoms with Crippen LogP contribution in [0.15, 0.2) is 18.2 Å². The molecular formula is C20H28N2O3. The Bertz CT molecular complexity index is 624. The SMILES string of the molecule is C#CCNC(=O)C[C@@H]1CCN(Cc2ccc(OC)cc2O)C[C@H]1CC. The molecule has 2 N–H and O–H groups in total. The molecule has 1 aliphatic heterocycles. The van der Waals surface area contributed by atoms with Gasteiger partial charge in [-0.1, -0.05) is 25.3 Å². The van der Waals surface area contributed by atoms with Crippen molar-refractivity contribution in [2.24, 2.45) is 11.8 Å². The van der Waals surface area contributed by atoms with Crippen molar-refractivity contribution < 1.29 is 14.6 Å². The second kappa shape index (κ2) is 9.33. The molecule has 2 rings (SSSR count). The zero-order chi connectivity index (χ0) is 18.2. The summed E-state index contributed by atoms with van der Waals surface area (Å²) in [4.78, 5) is 14.3. The van der Waals surface area contributed by atoms with Gasteiger partial charge in [0.1, 0.15) is 11.5 Å². The highest BCUT2D eigenvalue weighted by Gasteiger charge is 2.29. The van der Waals surface area contributed by atoms with Crippen molar-refractivity contribution in [3.8, 4) is 23.8 Å². The van der Waals surface area contributed by atoms with Gasteiger partial charge in [0, 0.05) is 31.1 Å². The molecule has 5 heteroatoms. The first-order chi connectivity index (χ1) is 12.1. The van der Waals surface area contributed by atoms with Gasteiger partial charge in [-0.25, -0.2) is 0 Å². The summed E-state index contributed by atoms with van der Waals surface area (Å²) in [6.45, 7) is 5.04. The van der Waals surface area contributed by atoms with Gasteiger partial charge < -0.3 is 15.2 Å². The van der Waals surface area contributed by atoms with Gasteiger partial charge in [-0.15, -0.1) is 6.42 Å². The number of piperidine rings is 1. The molecule has 0 aliphatic carbocycles. The summed E-state index contributed by atoms with van der Waals surface area (Å²) in [7, 11) is 1.59. The Kier molecular flexibility index (Phi) is 7.15. The highest BCUT2D eigenvalue weighted by molar-refractivity contribution is 5.76. The zero-order valence-electron chi connectivity index (χ0n) is 15.1. The van der Waals surface area contributed by atoms with Gasteiger partial charge in [-0.3, -0.25) is 9.69 Å². The predicted molar refractivity (Wildman–Crippen MR) is 98.3 cm³/mol. The highest BCUT2D eigenvalue weighted by atomic mass is 16.5. The van der Waals surface area contributed by atoms with Crippen molar-refractivity contribution in [3.05, 3.63) is 23.8 Å². The van der Waals surface area contributed by atoms with Crippen molar-refractivity contribution in [2.45, 2.75) is 32.7 Å². The molecule has 5 nitrogen and oxygen atoms in total. The number of carbonyl (C=O) groups is 1. The van der Waals surface area contributed by atoms with Gasteiger partial charge >= 0.3 is 0 Å². The minimum Gasteiger partial charge on any atom is -0.507 e. The van der Waals surface area contributed by atoms with E-state index in [0.29, 0.717) is 37.1 Å². The molecule has 1 saturated heterocycles. The number of phenols is 1. The van der Waals surface area contributed by atoms with E-state index in [1.165, 1.54) is 0 Å². The number of carbonyl (C=O) groups excluding carboxylic acids is 1. The molecule has 0 unspecified atom stereocenters. The molecule has 1 fully saturated rings. The first-order valence-corrected chi connectivity index (χ1v) is 8.85. The van der Waals surface area contributed by atoms with Gasteiger partial charge in [-0.05, 0) is 30.9 Å². The van der Waals surface area contributed by atoms with Crippen LogP contribution < -0.4 is 10.1 Å². The molecule has 0 radical (unpaired) electrons. The first kappa shape index (κ1) is 19.1. The van der Waals surface area contributed by atoms with Crippen molar-refractivity contribution in [1.82, 2.24) is 10.2 Å². The number of hydrogen-bond donors (Lipinski definition) is 2. The fourth-order valence-electron chi connectivity index (χ4n) is 3.54. The lowest BCUT2D eigenvalue weighted by molar-refractivity contribution is -0.122. The standard InChI is InChI=1S/C20H28N2O3/c1-4-9-21-20(24)11-16-8-10-22(13-15(16)5-2)14-17-6-7-18(25-3)12-19(17)23/h1,6-7,12,15-16,23H,5,8-11,13-14H2,2-3H3,(H,21,24)/t15-,16+/m1/s1. The van der Waals surface area contributed by atoms with E-state index in [2.05, 4.69) is 23.1 Å². The molecule has 0 saturated carbocycles. The maximum atomic E-state index is 11.9. The van der Waals surface area contributed by atoms with E-state index in [1.54, 1.807) is 13.2 Å². The van der Waals surface area contributed by atoms with E-state index in [4.69, 9.17) is 11.2 Å². The number of terminal acetylenes is 1. The van der Waals surface area contributed by atoms with Crippen LogP contribution in [0.1, 0.15) is 31.7 Å². The Hall–Kier alpha value is -2.19. The Balaban J connectivity index is 1.92. The third-order valence-electron chi connectivity index (χ3n) is 5.02. The molecule has 0 aromatic heterocycles. The second-order valence-electron chi connectivity index (χ2n) is 6.63. The Morgan fingerprint density at radius 2 is 2.28 bits per heavy atom. The number of rotatable bonds is 7. The van der Waals surface area contributed by atoms with Crippen LogP contribution in [0.25, 0.3) is 0 Å². The van der Waals surface area contributed by atoms with E-state index >= 15 is 0 Å². The molecule has 1 aromatic rings. The average Bonchev–Trinajstić information content (AvgIpc) is 2.62. The molecule has 0 bridgehead atoms.